The summed E-state index contributed by atoms with van der Waals surface area (Å²) in [4.78, 5) is 24.9. The highest BCUT2D eigenvalue weighted by atomic mass is 79.9. The van der Waals surface area contributed by atoms with E-state index in [9.17, 15) is 9.59 Å². The van der Waals surface area contributed by atoms with Crippen LogP contribution in [0.25, 0.3) is 11.3 Å². The lowest BCUT2D eigenvalue weighted by Crippen LogP contribution is -2.24. The predicted molar refractivity (Wildman–Crippen MR) is 100 cm³/mol. The topological polar surface area (TPSA) is 48.3 Å². The second kappa shape index (κ2) is 8.19. The summed E-state index contributed by atoms with van der Waals surface area (Å²) in [6.07, 6.45) is 0. The van der Waals surface area contributed by atoms with E-state index < -0.39 is 5.97 Å². The van der Waals surface area contributed by atoms with E-state index in [1.165, 1.54) is 6.07 Å². The third-order valence-electron chi connectivity index (χ3n) is 3.52. The lowest BCUT2D eigenvalue weighted by Gasteiger charge is -2.19. The van der Waals surface area contributed by atoms with Crippen LogP contribution in [0.2, 0.25) is 10.0 Å². The number of carbonyl (C=O) groups excluding carboxylic acids is 1. The third-order valence-corrected chi connectivity index (χ3v) is 4.84. The molecule has 0 unspecified atom stereocenters. The highest BCUT2D eigenvalue weighted by Crippen LogP contribution is 2.31. The number of benzene rings is 1. The SMILES string of the molecule is CCOC(=O)c1c(-c2ccc(Cl)c(Cl)c2)n(CC)c(CBr)cc1=O. The number of hydrogen-bond donors (Lipinski definition) is 0. The van der Waals surface area contributed by atoms with Crippen molar-refractivity contribution < 1.29 is 9.53 Å². The van der Waals surface area contributed by atoms with Crippen molar-refractivity contribution in [1.82, 2.24) is 4.57 Å². The van der Waals surface area contributed by atoms with Crippen LogP contribution >= 0.6 is 39.1 Å². The predicted octanol–water partition coefficient (Wildman–Crippen LogP) is 4.91. The molecule has 0 aliphatic heterocycles. The molecule has 2 aromatic rings. The molecule has 0 fully saturated rings. The molecule has 128 valence electrons. The summed E-state index contributed by atoms with van der Waals surface area (Å²) < 4.78 is 6.97. The molecule has 0 N–H and O–H groups in total. The maximum absolute atomic E-state index is 12.5. The summed E-state index contributed by atoms with van der Waals surface area (Å²) in [6, 6.07) is 6.46. The van der Waals surface area contributed by atoms with Gasteiger partial charge in [-0.1, -0.05) is 45.2 Å². The highest BCUT2D eigenvalue weighted by Gasteiger charge is 2.23. The van der Waals surface area contributed by atoms with Crippen molar-refractivity contribution >= 4 is 45.1 Å². The molecule has 7 heteroatoms. The first kappa shape index (κ1) is 19.0. The van der Waals surface area contributed by atoms with Crippen molar-refractivity contribution in [2.45, 2.75) is 25.7 Å². The van der Waals surface area contributed by atoms with Gasteiger partial charge in [0.1, 0.15) is 5.56 Å². The van der Waals surface area contributed by atoms with Crippen LogP contribution in [0, 0.1) is 0 Å². The van der Waals surface area contributed by atoms with E-state index in [0.29, 0.717) is 33.2 Å². The normalized spacial score (nSPS) is 10.7. The number of hydrogen-bond acceptors (Lipinski definition) is 3. The highest BCUT2D eigenvalue weighted by molar-refractivity contribution is 9.08. The molecule has 4 nitrogen and oxygen atoms in total. The number of aromatic nitrogens is 1. The largest absolute Gasteiger partial charge is 0.462 e. The molecule has 0 aliphatic rings. The molecule has 0 atom stereocenters. The fourth-order valence-electron chi connectivity index (χ4n) is 2.51. The van der Waals surface area contributed by atoms with Crippen molar-refractivity contribution in [2.75, 3.05) is 6.61 Å². The zero-order valence-electron chi connectivity index (χ0n) is 13.2. The van der Waals surface area contributed by atoms with Gasteiger partial charge in [0.15, 0.2) is 5.43 Å². The van der Waals surface area contributed by atoms with Gasteiger partial charge < -0.3 is 9.30 Å². The summed E-state index contributed by atoms with van der Waals surface area (Å²) in [5.74, 6) is -0.646. The molecule has 0 spiro atoms. The van der Waals surface area contributed by atoms with Crippen molar-refractivity contribution in [3.8, 4) is 11.3 Å². The number of alkyl halides is 1. The van der Waals surface area contributed by atoms with Crippen LogP contribution in [0.5, 0.6) is 0 Å². The van der Waals surface area contributed by atoms with Gasteiger partial charge in [0.05, 0.1) is 22.3 Å². The van der Waals surface area contributed by atoms with Crippen LogP contribution in [0.1, 0.15) is 29.9 Å². The fourth-order valence-corrected chi connectivity index (χ4v) is 3.28. The molecule has 0 saturated carbocycles. The number of ether oxygens (including phenoxy) is 1. The van der Waals surface area contributed by atoms with E-state index in [2.05, 4.69) is 15.9 Å². The third kappa shape index (κ3) is 3.68. The number of pyridine rings is 1. The van der Waals surface area contributed by atoms with E-state index in [4.69, 9.17) is 27.9 Å². The zero-order chi connectivity index (χ0) is 17.9. The molecule has 1 aromatic heterocycles. The average molecular weight is 433 g/mol. The van der Waals surface area contributed by atoms with Gasteiger partial charge in [0.25, 0.3) is 0 Å². The maximum Gasteiger partial charge on any atom is 0.344 e. The molecular formula is C17H16BrCl2NO3. The lowest BCUT2D eigenvalue weighted by atomic mass is 10.0. The Hall–Kier alpha value is -1.30. The molecular weight excluding hydrogens is 417 g/mol. The van der Waals surface area contributed by atoms with E-state index in [1.54, 1.807) is 25.1 Å². The fraction of sp³-hybridized carbons (Fsp3) is 0.294. The molecule has 0 saturated heterocycles. The van der Waals surface area contributed by atoms with Gasteiger partial charge >= 0.3 is 5.97 Å². The van der Waals surface area contributed by atoms with Crippen molar-refractivity contribution in [1.29, 1.82) is 0 Å². The van der Waals surface area contributed by atoms with Crippen molar-refractivity contribution in [3.63, 3.8) is 0 Å². The summed E-state index contributed by atoms with van der Waals surface area (Å²) in [6.45, 7) is 4.39. The Morgan fingerprint density at radius 1 is 1.21 bits per heavy atom. The second-order valence-electron chi connectivity index (χ2n) is 4.95. The molecule has 0 bridgehead atoms. The van der Waals surface area contributed by atoms with Crippen LogP contribution in [-0.4, -0.2) is 17.1 Å². The molecule has 0 amide bonds. The van der Waals surface area contributed by atoms with Gasteiger partial charge in [-0.25, -0.2) is 4.79 Å². The van der Waals surface area contributed by atoms with Crippen molar-refractivity contribution in [2.24, 2.45) is 0 Å². The number of esters is 1. The molecule has 0 aliphatic carbocycles. The molecule has 1 heterocycles. The first-order chi connectivity index (χ1) is 11.4. The van der Waals surface area contributed by atoms with Crippen LogP contribution in [-0.2, 0) is 16.6 Å². The van der Waals surface area contributed by atoms with Crippen LogP contribution in [0.15, 0.2) is 29.1 Å². The van der Waals surface area contributed by atoms with E-state index in [-0.39, 0.29) is 17.6 Å². The quantitative estimate of drug-likeness (QED) is 0.497. The Morgan fingerprint density at radius 2 is 1.92 bits per heavy atom. The van der Waals surface area contributed by atoms with E-state index >= 15 is 0 Å². The smallest absolute Gasteiger partial charge is 0.344 e. The Bertz CT molecular complexity index is 833. The molecule has 24 heavy (non-hydrogen) atoms. The van der Waals surface area contributed by atoms with Crippen LogP contribution in [0.4, 0.5) is 0 Å². The minimum absolute atomic E-state index is 0.00166. The molecule has 2 rings (SSSR count). The zero-order valence-corrected chi connectivity index (χ0v) is 16.3. The van der Waals surface area contributed by atoms with Gasteiger partial charge in [0.2, 0.25) is 0 Å². The monoisotopic (exact) mass is 431 g/mol. The number of nitrogens with zero attached hydrogens (tertiary/aromatic N) is 1. The van der Waals surface area contributed by atoms with Crippen molar-refractivity contribution in [3.05, 3.63) is 55.8 Å². The first-order valence-corrected chi connectivity index (χ1v) is 9.27. The second-order valence-corrected chi connectivity index (χ2v) is 6.33. The minimum Gasteiger partial charge on any atom is -0.462 e. The number of rotatable bonds is 5. The van der Waals surface area contributed by atoms with Gasteiger partial charge in [-0.3, -0.25) is 4.79 Å². The van der Waals surface area contributed by atoms with E-state index in [0.717, 1.165) is 5.69 Å². The Kier molecular flexibility index (Phi) is 6.49. The van der Waals surface area contributed by atoms with Gasteiger partial charge in [0, 0.05) is 29.2 Å². The Labute approximate surface area is 158 Å². The maximum atomic E-state index is 12.5. The Morgan fingerprint density at radius 3 is 2.46 bits per heavy atom. The summed E-state index contributed by atoms with van der Waals surface area (Å²) in [5, 5.41) is 1.23. The molecule has 0 radical (unpaired) electrons. The average Bonchev–Trinajstić information content (AvgIpc) is 2.56. The first-order valence-electron chi connectivity index (χ1n) is 7.39. The lowest BCUT2D eigenvalue weighted by molar-refractivity contribution is 0.0525. The standard InChI is InChI=1S/C17H16BrCl2NO3/c1-3-21-11(9-18)8-14(22)15(17(23)24-4-2)16(21)10-5-6-12(19)13(20)7-10/h5-8H,3-4,9H2,1-2H3. The van der Waals surface area contributed by atoms with Crippen LogP contribution < -0.4 is 5.43 Å². The number of carbonyl (C=O) groups is 1. The number of halogens is 3. The Balaban J connectivity index is 2.87. The summed E-state index contributed by atoms with van der Waals surface area (Å²) in [7, 11) is 0. The molecule has 1 aromatic carbocycles. The summed E-state index contributed by atoms with van der Waals surface area (Å²) in [5.41, 5.74) is 1.50. The van der Waals surface area contributed by atoms with Gasteiger partial charge in [-0.2, -0.15) is 0 Å². The van der Waals surface area contributed by atoms with Gasteiger partial charge in [-0.05, 0) is 26.0 Å². The summed E-state index contributed by atoms with van der Waals surface area (Å²) >= 11 is 15.5. The minimum atomic E-state index is -0.646. The van der Waals surface area contributed by atoms with Crippen LogP contribution in [0.3, 0.4) is 0 Å². The van der Waals surface area contributed by atoms with E-state index in [1.807, 2.05) is 11.5 Å². The van der Waals surface area contributed by atoms with Gasteiger partial charge in [-0.15, -0.1) is 0 Å².